The molecule has 0 saturated carbocycles. The van der Waals surface area contributed by atoms with Crippen molar-refractivity contribution in [1.29, 1.82) is 0 Å². The van der Waals surface area contributed by atoms with Gasteiger partial charge in [0.1, 0.15) is 11.5 Å². The van der Waals surface area contributed by atoms with Gasteiger partial charge in [0, 0.05) is 10.0 Å². The molecule has 0 aromatic heterocycles. The van der Waals surface area contributed by atoms with Crippen LogP contribution in [0.5, 0.6) is 11.5 Å². The Morgan fingerprint density at radius 2 is 1.81 bits per heavy atom. The highest BCUT2D eigenvalue weighted by molar-refractivity contribution is 9.10. The summed E-state index contributed by atoms with van der Waals surface area (Å²) in [6.07, 6.45) is 1.50. The van der Waals surface area contributed by atoms with Crippen LogP contribution >= 0.6 is 15.9 Å². The SMILES string of the molecule is COc1ccccc1NC(=O)COc1cccc(C=NNC(=O)c2ccc(Br)cc2)c1. The van der Waals surface area contributed by atoms with Crippen molar-refractivity contribution in [2.75, 3.05) is 19.0 Å². The first-order chi connectivity index (χ1) is 15.0. The molecule has 0 bridgehead atoms. The van der Waals surface area contributed by atoms with Gasteiger partial charge in [-0.1, -0.05) is 40.2 Å². The number of amides is 2. The predicted octanol–water partition coefficient (Wildman–Crippen LogP) is 4.24. The molecule has 2 N–H and O–H groups in total. The summed E-state index contributed by atoms with van der Waals surface area (Å²) in [6, 6.07) is 21.1. The molecule has 0 saturated heterocycles. The van der Waals surface area contributed by atoms with E-state index in [2.05, 4.69) is 31.8 Å². The molecular formula is C23H20BrN3O4. The van der Waals surface area contributed by atoms with Crippen LogP contribution in [0.4, 0.5) is 5.69 Å². The first-order valence-electron chi connectivity index (χ1n) is 9.30. The number of hydrogen-bond acceptors (Lipinski definition) is 5. The Hall–Kier alpha value is -3.65. The van der Waals surface area contributed by atoms with E-state index in [4.69, 9.17) is 9.47 Å². The second-order valence-corrected chi connectivity index (χ2v) is 7.23. The Kier molecular flexibility index (Phi) is 7.78. The lowest BCUT2D eigenvalue weighted by atomic mass is 10.2. The van der Waals surface area contributed by atoms with E-state index in [0.717, 1.165) is 4.47 Å². The molecule has 158 valence electrons. The molecule has 8 heteroatoms. The van der Waals surface area contributed by atoms with E-state index >= 15 is 0 Å². The number of nitrogens with one attached hydrogen (secondary N) is 2. The molecule has 7 nitrogen and oxygen atoms in total. The second kappa shape index (κ2) is 10.9. The zero-order chi connectivity index (χ0) is 22.1. The van der Waals surface area contributed by atoms with Crippen LogP contribution in [0.25, 0.3) is 0 Å². The van der Waals surface area contributed by atoms with E-state index in [9.17, 15) is 9.59 Å². The molecule has 0 spiro atoms. The summed E-state index contributed by atoms with van der Waals surface area (Å²) in [5.74, 6) is 0.437. The smallest absolute Gasteiger partial charge is 0.271 e. The molecule has 3 aromatic rings. The highest BCUT2D eigenvalue weighted by Crippen LogP contribution is 2.23. The van der Waals surface area contributed by atoms with Crippen molar-refractivity contribution in [1.82, 2.24) is 5.43 Å². The Morgan fingerprint density at radius 1 is 1.03 bits per heavy atom. The summed E-state index contributed by atoms with van der Waals surface area (Å²) in [4.78, 5) is 24.2. The van der Waals surface area contributed by atoms with Gasteiger partial charge in [-0.15, -0.1) is 0 Å². The predicted molar refractivity (Wildman–Crippen MR) is 123 cm³/mol. The Morgan fingerprint density at radius 3 is 2.58 bits per heavy atom. The van der Waals surface area contributed by atoms with Gasteiger partial charge in [-0.3, -0.25) is 9.59 Å². The van der Waals surface area contributed by atoms with Crippen molar-refractivity contribution in [2.45, 2.75) is 0 Å². The van der Waals surface area contributed by atoms with Gasteiger partial charge in [0.25, 0.3) is 11.8 Å². The Balaban J connectivity index is 1.52. The van der Waals surface area contributed by atoms with Crippen LogP contribution in [-0.2, 0) is 4.79 Å². The number of carbonyl (C=O) groups excluding carboxylic acids is 2. The normalized spacial score (nSPS) is 10.5. The van der Waals surface area contributed by atoms with Gasteiger partial charge in [0.2, 0.25) is 0 Å². The summed E-state index contributed by atoms with van der Waals surface area (Å²) < 4.78 is 11.7. The van der Waals surface area contributed by atoms with Crippen LogP contribution < -0.4 is 20.2 Å². The molecule has 2 amide bonds. The average molecular weight is 482 g/mol. The maximum absolute atomic E-state index is 12.2. The van der Waals surface area contributed by atoms with Crippen molar-refractivity contribution in [3.8, 4) is 11.5 Å². The van der Waals surface area contributed by atoms with Gasteiger partial charge in [-0.2, -0.15) is 5.10 Å². The monoisotopic (exact) mass is 481 g/mol. The third-order valence-corrected chi connectivity index (χ3v) is 4.62. The number of benzene rings is 3. The molecule has 3 rings (SSSR count). The van der Waals surface area contributed by atoms with Gasteiger partial charge in [-0.25, -0.2) is 5.43 Å². The summed E-state index contributed by atoms with van der Waals surface area (Å²) >= 11 is 3.33. The number of nitrogens with zero attached hydrogens (tertiary/aromatic N) is 1. The molecule has 0 atom stereocenters. The fourth-order valence-corrected chi connectivity index (χ4v) is 2.86. The molecule has 0 aliphatic rings. The molecule has 0 radical (unpaired) electrons. The number of anilines is 1. The Bertz CT molecular complexity index is 1080. The lowest BCUT2D eigenvalue weighted by Gasteiger charge is -2.10. The van der Waals surface area contributed by atoms with Crippen LogP contribution in [0, 0.1) is 0 Å². The lowest BCUT2D eigenvalue weighted by Crippen LogP contribution is -2.20. The van der Waals surface area contributed by atoms with Crippen LogP contribution in [0.15, 0.2) is 82.4 Å². The molecule has 0 unspecified atom stereocenters. The molecule has 3 aromatic carbocycles. The quantitative estimate of drug-likeness (QED) is 0.372. The van der Waals surface area contributed by atoms with Crippen molar-refractivity contribution in [2.24, 2.45) is 5.10 Å². The van der Waals surface area contributed by atoms with Crippen molar-refractivity contribution in [3.05, 3.63) is 88.4 Å². The van der Waals surface area contributed by atoms with Gasteiger partial charge in [-0.05, 0) is 54.1 Å². The number of rotatable bonds is 8. The van der Waals surface area contributed by atoms with Crippen LogP contribution in [0.3, 0.4) is 0 Å². The van der Waals surface area contributed by atoms with E-state index < -0.39 is 0 Å². The van der Waals surface area contributed by atoms with E-state index in [0.29, 0.717) is 28.3 Å². The fourth-order valence-electron chi connectivity index (χ4n) is 2.60. The number of hydrogen-bond donors (Lipinski definition) is 2. The van der Waals surface area contributed by atoms with Crippen LogP contribution in [0.1, 0.15) is 15.9 Å². The molecule has 31 heavy (non-hydrogen) atoms. The molecule has 0 aliphatic heterocycles. The third kappa shape index (κ3) is 6.68. The number of para-hydroxylation sites is 2. The largest absolute Gasteiger partial charge is 0.495 e. The van der Waals surface area contributed by atoms with E-state index in [1.165, 1.54) is 13.3 Å². The van der Waals surface area contributed by atoms with E-state index in [1.807, 2.05) is 6.07 Å². The summed E-state index contributed by atoms with van der Waals surface area (Å²) in [5, 5.41) is 6.71. The fraction of sp³-hybridized carbons (Fsp3) is 0.0870. The first kappa shape index (κ1) is 22.0. The molecule has 0 fully saturated rings. The van der Waals surface area contributed by atoms with Gasteiger partial charge >= 0.3 is 0 Å². The van der Waals surface area contributed by atoms with Crippen molar-refractivity contribution in [3.63, 3.8) is 0 Å². The van der Waals surface area contributed by atoms with Crippen molar-refractivity contribution >= 4 is 39.6 Å². The summed E-state index contributed by atoms with van der Waals surface area (Å²) in [6.45, 7) is -0.168. The Labute approximate surface area is 188 Å². The number of methoxy groups -OCH3 is 1. The second-order valence-electron chi connectivity index (χ2n) is 6.32. The molecule has 0 aliphatic carbocycles. The number of ether oxygens (including phenoxy) is 2. The standard InChI is InChI=1S/C23H20BrN3O4/c1-30-21-8-3-2-7-20(21)26-22(28)15-31-19-6-4-5-16(13-19)14-25-27-23(29)17-9-11-18(24)12-10-17/h2-14H,15H2,1H3,(H,26,28)(H,27,29). The number of hydrazone groups is 1. The number of halogens is 1. The molecular weight excluding hydrogens is 462 g/mol. The summed E-state index contributed by atoms with van der Waals surface area (Å²) in [5.41, 5.74) is 4.25. The molecule has 0 heterocycles. The minimum Gasteiger partial charge on any atom is -0.495 e. The summed E-state index contributed by atoms with van der Waals surface area (Å²) in [7, 11) is 1.54. The van der Waals surface area contributed by atoms with E-state index in [-0.39, 0.29) is 18.4 Å². The maximum atomic E-state index is 12.2. The zero-order valence-electron chi connectivity index (χ0n) is 16.7. The maximum Gasteiger partial charge on any atom is 0.271 e. The van der Waals surface area contributed by atoms with Gasteiger partial charge in [0.05, 0.1) is 19.0 Å². The minimum atomic E-state index is -0.316. The van der Waals surface area contributed by atoms with E-state index in [1.54, 1.807) is 66.7 Å². The number of carbonyl (C=O) groups is 2. The van der Waals surface area contributed by atoms with Gasteiger partial charge < -0.3 is 14.8 Å². The van der Waals surface area contributed by atoms with Crippen molar-refractivity contribution < 1.29 is 19.1 Å². The topological polar surface area (TPSA) is 89.0 Å². The lowest BCUT2D eigenvalue weighted by molar-refractivity contribution is -0.118. The highest BCUT2D eigenvalue weighted by atomic mass is 79.9. The van der Waals surface area contributed by atoms with Crippen LogP contribution in [0.2, 0.25) is 0 Å². The first-order valence-corrected chi connectivity index (χ1v) is 10.1. The zero-order valence-corrected chi connectivity index (χ0v) is 18.3. The highest BCUT2D eigenvalue weighted by Gasteiger charge is 2.08. The third-order valence-electron chi connectivity index (χ3n) is 4.10. The minimum absolute atomic E-state index is 0.168. The van der Waals surface area contributed by atoms with Gasteiger partial charge in [0.15, 0.2) is 6.61 Å². The van der Waals surface area contributed by atoms with Crippen LogP contribution in [-0.4, -0.2) is 31.7 Å². The average Bonchev–Trinajstić information content (AvgIpc) is 2.79.